The van der Waals surface area contributed by atoms with Crippen molar-refractivity contribution in [1.29, 1.82) is 0 Å². The molecular weight excluding hydrogens is 412 g/mol. The Kier molecular flexibility index (Phi) is 6.36. The van der Waals surface area contributed by atoms with Crippen LogP contribution in [-0.2, 0) is 16.0 Å². The average Bonchev–Trinajstić information content (AvgIpc) is 2.80. The van der Waals surface area contributed by atoms with Gasteiger partial charge in [0, 0.05) is 18.0 Å². The van der Waals surface area contributed by atoms with E-state index in [-0.39, 0.29) is 17.6 Å². The number of rotatable bonds is 5. The van der Waals surface area contributed by atoms with E-state index in [2.05, 4.69) is 29.3 Å². The SMILES string of the molecule is CN1C(=O)C2C(SCC(=O)N3CCC(Cc4ccccc4)CC3)=CC=NC2=[N+](C)C1=O. The number of imide groups is 1. The summed E-state index contributed by atoms with van der Waals surface area (Å²) in [5, 5.41) is 0. The number of piperidine rings is 1. The topological polar surface area (TPSA) is 73.1 Å². The third-order valence-corrected chi connectivity index (χ3v) is 7.28. The van der Waals surface area contributed by atoms with E-state index in [1.54, 1.807) is 19.3 Å². The number of thioether (sulfide) groups is 1. The number of dihydropyridines is 1. The number of benzene rings is 1. The predicted molar refractivity (Wildman–Crippen MR) is 121 cm³/mol. The van der Waals surface area contributed by atoms with Crippen LogP contribution >= 0.6 is 11.8 Å². The maximum atomic E-state index is 12.8. The van der Waals surface area contributed by atoms with Crippen molar-refractivity contribution < 1.29 is 19.0 Å². The molecule has 0 N–H and O–H groups in total. The largest absolute Gasteiger partial charge is 0.445 e. The minimum absolute atomic E-state index is 0.0918. The lowest BCUT2D eigenvalue weighted by Gasteiger charge is -2.32. The number of nitrogens with zero attached hydrogens (tertiary/aromatic N) is 4. The molecule has 0 aromatic heterocycles. The van der Waals surface area contributed by atoms with Gasteiger partial charge in [0.1, 0.15) is 6.21 Å². The van der Waals surface area contributed by atoms with Gasteiger partial charge in [0.2, 0.25) is 5.91 Å². The highest BCUT2D eigenvalue weighted by atomic mass is 32.2. The lowest BCUT2D eigenvalue weighted by Crippen LogP contribution is -2.52. The van der Waals surface area contributed by atoms with Crippen LogP contribution in [0.25, 0.3) is 0 Å². The first-order valence-electron chi connectivity index (χ1n) is 10.6. The van der Waals surface area contributed by atoms with Crippen molar-refractivity contribution in [2.75, 3.05) is 32.9 Å². The smallest absolute Gasteiger partial charge is 0.342 e. The molecule has 3 heterocycles. The van der Waals surface area contributed by atoms with Crippen LogP contribution in [0.1, 0.15) is 18.4 Å². The molecule has 0 spiro atoms. The number of fused-ring (bicyclic) bond motifs is 1. The van der Waals surface area contributed by atoms with E-state index < -0.39 is 11.9 Å². The number of carbonyl (C=O) groups is 3. The fourth-order valence-corrected chi connectivity index (χ4v) is 5.31. The molecule has 3 aliphatic heterocycles. The Labute approximate surface area is 186 Å². The molecule has 1 atom stereocenters. The number of carbonyl (C=O) groups excluding carboxylic acids is 3. The first-order chi connectivity index (χ1) is 15.0. The molecule has 1 saturated heterocycles. The minimum atomic E-state index is -0.618. The summed E-state index contributed by atoms with van der Waals surface area (Å²) in [5.41, 5.74) is 1.35. The molecule has 3 aliphatic rings. The van der Waals surface area contributed by atoms with Crippen molar-refractivity contribution in [3.8, 4) is 0 Å². The van der Waals surface area contributed by atoms with Crippen molar-refractivity contribution in [2.45, 2.75) is 19.3 Å². The van der Waals surface area contributed by atoms with E-state index in [1.165, 1.54) is 28.9 Å². The second-order valence-corrected chi connectivity index (χ2v) is 9.23. The van der Waals surface area contributed by atoms with Gasteiger partial charge in [-0.2, -0.15) is 9.48 Å². The molecule has 1 unspecified atom stereocenters. The second kappa shape index (κ2) is 9.18. The molecule has 162 valence electrons. The number of hydrogen-bond donors (Lipinski definition) is 0. The molecule has 1 aromatic rings. The highest BCUT2D eigenvalue weighted by molar-refractivity contribution is 8.03. The third kappa shape index (κ3) is 4.49. The van der Waals surface area contributed by atoms with Gasteiger partial charge in [-0.05, 0) is 36.8 Å². The summed E-state index contributed by atoms with van der Waals surface area (Å²) in [6.07, 6.45) is 6.45. The van der Waals surface area contributed by atoms with E-state index in [9.17, 15) is 14.4 Å². The molecule has 1 fully saturated rings. The minimum Gasteiger partial charge on any atom is -0.342 e. The number of allylic oxidation sites excluding steroid dienone is 1. The van der Waals surface area contributed by atoms with Crippen molar-refractivity contribution in [3.63, 3.8) is 0 Å². The molecule has 0 aliphatic carbocycles. The predicted octanol–water partition coefficient (Wildman–Crippen LogP) is 2.42. The molecule has 4 rings (SSSR count). The fourth-order valence-electron chi connectivity index (χ4n) is 4.31. The second-order valence-electron chi connectivity index (χ2n) is 8.18. The zero-order valence-corrected chi connectivity index (χ0v) is 18.7. The van der Waals surface area contributed by atoms with Crippen LogP contribution in [0.4, 0.5) is 4.79 Å². The van der Waals surface area contributed by atoms with Gasteiger partial charge < -0.3 is 4.90 Å². The number of amides is 4. The van der Waals surface area contributed by atoms with E-state index in [0.717, 1.165) is 42.2 Å². The van der Waals surface area contributed by atoms with Crippen molar-refractivity contribution in [3.05, 3.63) is 46.9 Å². The standard InChI is InChI=1S/C23H27N4O3S/c1-25-21-20(22(29)26(2)23(25)30)18(8-11-24-21)31-15-19(28)27-12-9-17(10-13-27)14-16-6-4-3-5-7-16/h3-8,11,17,20H,9-10,12-15H2,1-2H3/q+1. The Morgan fingerprint density at radius 2 is 1.90 bits per heavy atom. The van der Waals surface area contributed by atoms with Gasteiger partial charge >= 0.3 is 11.9 Å². The van der Waals surface area contributed by atoms with Gasteiger partial charge in [-0.3, -0.25) is 9.59 Å². The van der Waals surface area contributed by atoms with Crippen LogP contribution in [0, 0.1) is 11.8 Å². The van der Waals surface area contributed by atoms with Crippen molar-refractivity contribution >= 4 is 41.7 Å². The molecule has 7 nitrogen and oxygen atoms in total. The summed E-state index contributed by atoms with van der Waals surface area (Å²) in [6, 6.07) is 10.1. The number of amidine groups is 1. The molecule has 31 heavy (non-hydrogen) atoms. The number of urea groups is 1. The Morgan fingerprint density at radius 3 is 2.61 bits per heavy atom. The van der Waals surface area contributed by atoms with E-state index in [0.29, 0.717) is 11.8 Å². The Balaban J connectivity index is 1.32. The zero-order chi connectivity index (χ0) is 22.0. The Bertz CT molecular complexity index is 978. The molecular formula is C23H27N4O3S+. The van der Waals surface area contributed by atoms with Gasteiger partial charge in [-0.15, -0.1) is 16.8 Å². The van der Waals surface area contributed by atoms with Gasteiger partial charge in [0.15, 0.2) is 5.92 Å². The molecule has 0 saturated carbocycles. The summed E-state index contributed by atoms with van der Waals surface area (Å²) >= 11 is 1.37. The average molecular weight is 440 g/mol. The van der Waals surface area contributed by atoms with Crippen molar-refractivity contribution in [1.82, 2.24) is 9.80 Å². The van der Waals surface area contributed by atoms with Crippen LogP contribution in [0.3, 0.4) is 0 Å². The summed E-state index contributed by atoms with van der Waals surface area (Å²) < 4.78 is 1.40. The van der Waals surface area contributed by atoms with Crippen molar-refractivity contribution in [2.24, 2.45) is 16.8 Å². The fraction of sp³-hybridized carbons (Fsp3) is 0.435. The number of aliphatic imine (C=N–C) groups is 1. The molecule has 0 radical (unpaired) electrons. The normalized spacial score (nSPS) is 22.0. The first-order valence-corrected chi connectivity index (χ1v) is 11.5. The highest BCUT2D eigenvalue weighted by Gasteiger charge is 2.47. The van der Waals surface area contributed by atoms with Gasteiger partial charge in [-0.1, -0.05) is 30.3 Å². The lowest BCUT2D eigenvalue weighted by molar-refractivity contribution is -0.407. The monoisotopic (exact) mass is 439 g/mol. The number of likely N-dealkylation sites (tertiary alicyclic amines) is 1. The quantitative estimate of drug-likeness (QED) is 0.661. The Morgan fingerprint density at radius 1 is 1.19 bits per heavy atom. The maximum Gasteiger partial charge on any atom is 0.445 e. The first kappa shape index (κ1) is 21.5. The summed E-state index contributed by atoms with van der Waals surface area (Å²) in [5.74, 6) is 0.481. The lowest BCUT2D eigenvalue weighted by atomic mass is 9.90. The number of hydrogen-bond acceptors (Lipinski definition) is 5. The molecule has 0 bridgehead atoms. The van der Waals surface area contributed by atoms with E-state index >= 15 is 0 Å². The van der Waals surface area contributed by atoms with Crippen LogP contribution in [0.2, 0.25) is 0 Å². The Hall–Kier alpha value is -2.74. The summed E-state index contributed by atoms with van der Waals surface area (Å²) in [7, 11) is 3.09. The third-order valence-electron chi connectivity index (χ3n) is 6.18. The van der Waals surface area contributed by atoms with Crippen LogP contribution in [0.5, 0.6) is 0 Å². The maximum absolute atomic E-state index is 12.8. The van der Waals surface area contributed by atoms with Gasteiger partial charge in [-0.25, -0.2) is 4.79 Å². The van der Waals surface area contributed by atoms with Gasteiger partial charge in [0.25, 0.3) is 5.84 Å². The summed E-state index contributed by atoms with van der Waals surface area (Å²) in [6.45, 7) is 1.55. The van der Waals surface area contributed by atoms with Crippen LogP contribution in [0.15, 0.2) is 46.3 Å². The van der Waals surface area contributed by atoms with Crippen LogP contribution < -0.4 is 0 Å². The van der Waals surface area contributed by atoms with Gasteiger partial charge in [0.05, 0.1) is 19.8 Å². The van der Waals surface area contributed by atoms with E-state index in [1.807, 2.05) is 11.0 Å². The van der Waals surface area contributed by atoms with Crippen LogP contribution in [-0.4, -0.2) is 77.2 Å². The van der Waals surface area contributed by atoms with E-state index in [4.69, 9.17) is 0 Å². The molecule has 4 amide bonds. The molecule has 8 heteroatoms. The highest BCUT2D eigenvalue weighted by Crippen LogP contribution is 2.32. The summed E-state index contributed by atoms with van der Waals surface area (Å²) in [4.78, 5) is 45.7. The zero-order valence-electron chi connectivity index (χ0n) is 17.9. The molecule has 1 aromatic carbocycles.